The molecule has 1 aromatic carbocycles. The maximum absolute atomic E-state index is 5.99. The first-order chi connectivity index (χ1) is 8.61. The molecule has 2 rings (SSSR count). The van der Waals surface area contributed by atoms with Crippen molar-refractivity contribution in [2.24, 2.45) is 0 Å². The second kappa shape index (κ2) is 5.38. The topological polar surface area (TPSA) is 50.9 Å². The van der Waals surface area contributed by atoms with Gasteiger partial charge in [-0.1, -0.05) is 41.4 Å². The summed E-state index contributed by atoms with van der Waals surface area (Å²) >= 11 is 5.99. The largest absolute Gasteiger partial charge is 0.383 e. The van der Waals surface area contributed by atoms with Crippen molar-refractivity contribution in [3.05, 3.63) is 58.2 Å². The number of nitrogen functional groups attached to an aromatic ring is 1. The normalized spacial score (nSPS) is 12.4. The van der Waals surface area contributed by atoms with Crippen LogP contribution in [0.15, 0.2) is 36.5 Å². The van der Waals surface area contributed by atoms with Gasteiger partial charge in [-0.2, -0.15) is 0 Å². The molecular formula is C14H16ClN3. The Bertz CT molecular complexity index is 554. The van der Waals surface area contributed by atoms with Crippen molar-refractivity contribution in [2.75, 3.05) is 12.8 Å². The molecule has 2 aromatic rings. The summed E-state index contributed by atoms with van der Waals surface area (Å²) in [5.41, 5.74) is 9.19. The van der Waals surface area contributed by atoms with Crippen molar-refractivity contribution < 1.29 is 0 Å². The van der Waals surface area contributed by atoms with Crippen LogP contribution in [-0.4, -0.2) is 12.0 Å². The van der Waals surface area contributed by atoms with Crippen molar-refractivity contribution in [3.63, 3.8) is 0 Å². The summed E-state index contributed by atoms with van der Waals surface area (Å²) in [5, 5.41) is 3.84. The lowest BCUT2D eigenvalue weighted by Crippen LogP contribution is -2.19. The predicted octanol–water partition coefficient (Wildman–Crippen LogP) is 2.93. The maximum Gasteiger partial charge on any atom is 0.128 e. The van der Waals surface area contributed by atoms with Gasteiger partial charge in [-0.3, -0.25) is 0 Å². The molecule has 0 amide bonds. The summed E-state index contributed by atoms with van der Waals surface area (Å²) in [6.45, 7) is 2.07. The SMILES string of the molecule is CNC(c1cccc(C)c1)c1cc(Cl)cnc1N. The molecule has 1 aromatic heterocycles. The summed E-state index contributed by atoms with van der Waals surface area (Å²) in [6.07, 6.45) is 1.56. The fraction of sp³-hybridized carbons (Fsp3) is 0.214. The lowest BCUT2D eigenvalue weighted by atomic mass is 9.98. The van der Waals surface area contributed by atoms with Crippen molar-refractivity contribution in [2.45, 2.75) is 13.0 Å². The highest BCUT2D eigenvalue weighted by Crippen LogP contribution is 2.27. The summed E-state index contributed by atoms with van der Waals surface area (Å²) in [5.74, 6) is 0.500. The molecule has 0 spiro atoms. The van der Waals surface area contributed by atoms with Gasteiger partial charge in [-0.05, 0) is 25.6 Å². The van der Waals surface area contributed by atoms with E-state index in [0.29, 0.717) is 10.8 Å². The highest BCUT2D eigenvalue weighted by molar-refractivity contribution is 6.30. The zero-order valence-electron chi connectivity index (χ0n) is 10.4. The third-order valence-corrected chi connectivity index (χ3v) is 3.10. The number of hydrogen-bond acceptors (Lipinski definition) is 3. The summed E-state index contributed by atoms with van der Waals surface area (Å²) in [7, 11) is 1.90. The van der Waals surface area contributed by atoms with Gasteiger partial charge in [-0.15, -0.1) is 0 Å². The Balaban J connectivity index is 2.48. The van der Waals surface area contributed by atoms with Gasteiger partial charge < -0.3 is 11.1 Å². The Morgan fingerprint density at radius 1 is 1.33 bits per heavy atom. The van der Waals surface area contributed by atoms with E-state index in [2.05, 4.69) is 35.4 Å². The molecule has 0 aliphatic heterocycles. The minimum atomic E-state index is -0.00361. The number of aryl methyl sites for hydroxylation is 1. The van der Waals surface area contributed by atoms with E-state index in [-0.39, 0.29) is 6.04 Å². The molecule has 0 saturated heterocycles. The third-order valence-electron chi connectivity index (χ3n) is 2.89. The van der Waals surface area contributed by atoms with Gasteiger partial charge in [0.05, 0.1) is 11.1 Å². The van der Waals surface area contributed by atoms with Crippen LogP contribution in [0.25, 0.3) is 0 Å². The zero-order valence-corrected chi connectivity index (χ0v) is 11.2. The number of nitrogens with two attached hydrogens (primary N) is 1. The Morgan fingerprint density at radius 2 is 2.11 bits per heavy atom. The molecule has 0 saturated carbocycles. The predicted molar refractivity (Wildman–Crippen MR) is 75.7 cm³/mol. The van der Waals surface area contributed by atoms with Gasteiger partial charge in [-0.25, -0.2) is 4.98 Å². The van der Waals surface area contributed by atoms with Gasteiger partial charge in [0.1, 0.15) is 5.82 Å². The van der Waals surface area contributed by atoms with Crippen LogP contribution in [-0.2, 0) is 0 Å². The molecule has 1 atom stereocenters. The number of benzene rings is 1. The van der Waals surface area contributed by atoms with Crippen LogP contribution in [0.1, 0.15) is 22.7 Å². The van der Waals surface area contributed by atoms with Crippen molar-refractivity contribution >= 4 is 17.4 Å². The van der Waals surface area contributed by atoms with E-state index in [1.165, 1.54) is 5.56 Å². The molecule has 1 unspecified atom stereocenters. The number of pyridine rings is 1. The van der Waals surface area contributed by atoms with Gasteiger partial charge in [0.15, 0.2) is 0 Å². The summed E-state index contributed by atoms with van der Waals surface area (Å²) in [4.78, 5) is 4.10. The van der Waals surface area contributed by atoms with E-state index in [9.17, 15) is 0 Å². The molecule has 0 aliphatic rings. The van der Waals surface area contributed by atoms with E-state index >= 15 is 0 Å². The number of aromatic nitrogens is 1. The fourth-order valence-corrected chi connectivity index (χ4v) is 2.21. The Hall–Kier alpha value is -1.58. The second-order valence-corrected chi connectivity index (χ2v) is 4.70. The van der Waals surface area contributed by atoms with E-state index in [4.69, 9.17) is 17.3 Å². The lowest BCUT2D eigenvalue weighted by Gasteiger charge is -2.19. The third kappa shape index (κ3) is 2.63. The van der Waals surface area contributed by atoms with Crippen LogP contribution in [0.4, 0.5) is 5.82 Å². The zero-order chi connectivity index (χ0) is 13.1. The Labute approximate surface area is 112 Å². The van der Waals surface area contributed by atoms with Crippen LogP contribution in [0, 0.1) is 6.92 Å². The second-order valence-electron chi connectivity index (χ2n) is 4.26. The number of rotatable bonds is 3. The molecule has 1 heterocycles. The average molecular weight is 262 g/mol. The van der Waals surface area contributed by atoms with E-state index in [1.807, 2.05) is 19.2 Å². The molecule has 18 heavy (non-hydrogen) atoms. The molecule has 0 aliphatic carbocycles. The van der Waals surface area contributed by atoms with Gasteiger partial charge in [0.25, 0.3) is 0 Å². The average Bonchev–Trinajstić information content (AvgIpc) is 2.35. The van der Waals surface area contributed by atoms with Crippen molar-refractivity contribution in [1.29, 1.82) is 0 Å². The van der Waals surface area contributed by atoms with E-state index < -0.39 is 0 Å². The Morgan fingerprint density at radius 3 is 2.78 bits per heavy atom. The first-order valence-electron chi connectivity index (χ1n) is 5.76. The first kappa shape index (κ1) is 12.9. The quantitative estimate of drug-likeness (QED) is 0.893. The highest BCUT2D eigenvalue weighted by Gasteiger charge is 2.16. The Kier molecular flexibility index (Phi) is 3.84. The van der Waals surface area contributed by atoms with Crippen molar-refractivity contribution in [1.82, 2.24) is 10.3 Å². The highest BCUT2D eigenvalue weighted by atomic mass is 35.5. The molecule has 0 radical (unpaired) electrons. The van der Waals surface area contributed by atoms with Gasteiger partial charge >= 0.3 is 0 Å². The molecular weight excluding hydrogens is 246 g/mol. The van der Waals surface area contributed by atoms with Gasteiger partial charge in [0.2, 0.25) is 0 Å². The first-order valence-corrected chi connectivity index (χ1v) is 6.14. The number of nitrogens with one attached hydrogen (secondary N) is 1. The minimum absolute atomic E-state index is 0.00361. The minimum Gasteiger partial charge on any atom is -0.383 e. The monoisotopic (exact) mass is 261 g/mol. The van der Waals surface area contributed by atoms with Crippen LogP contribution in [0.2, 0.25) is 5.02 Å². The molecule has 3 N–H and O–H groups in total. The smallest absolute Gasteiger partial charge is 0.128 e. The standard InChI is InChI=1S/C14H16ClN3/c1-9-4-3-5-10(6-9)13(17-2)12-7-11(15)8-18-14(12)16/h3-8,13,17H,1-2H3,(H2,16,18). The number of halogens is 1. The molecule has 3 nitrogen and oxygen atoms in total. The number of hydrogen-bond donors (Lipinski definition) is 2. The molecule has 0 bridgehead atoms. The summed E-state index contributed by atoms with van der Waals surface area (Å²) in [6, 6.07) is 10.1. The maximum atomic E-state index is 5.99. The van der Waals surface area contributed by atoms with Crippen molar-refractivity contribution in [3.8, 4) is 0 Å². The number of nitrogens with zero attached hydrogens (tertiary/aromatic N) is 1. The van der Waals surface area contributed by atoms with Crippen LogP contribution in [0.3, 0.4) is 0 Å². The van der Waals surface area contributed by atoms with E-state index in [0.717, 1.165) is 11.1 Å². The fourth-order valence-electron chi connectivity index (χ4n) is 2.05. The van der Waals surface area contributed by atoms with Crippen LogP contribution < -0.4 is 11.1 Å². The lowest BCUT2D eigenvalue weighted by molar-refractivity contribution is 0.691. The van der Waals surface area contributed by atoms with Crippen LogP contribution in [0.5, 0.6) is 0 Å². The summed E-state index contributed by atoms with van der Waals surface area (Å²) < 4.78 is 0. The molecule has 0 fully saturated rings. The van der Waals surface area contributed by atoms with Gasteiger partial charge in [0, 0.05) is 11.8 Å². The molecule has 94 valence electrons. The van der Waals surface area contributed by atoms with Crippen LogP contribution >= 0.6 is 11.6 Å². The number of anilines is 1. The molecule has 4 heteroatoms. The van der Waals surface area contributed by atoms with E-state index in [1.54, 1.807) is 6.20 Å².